The fourth-order valence-electron chi connectivity index (χ4n) is 5.03. The molecule has 8 nitrogen and oxygen atoms in total. The second-order valence-corrected chi connectivity index (χ2v) is 10.1. The number of hydrogen-bond donors (Lipinski definition) is 3. The van der Waals surface area contributed by atoms with Crippen molar-refractivity contribution in [2.24, 2.45) is 7.05 Å². The molecule has 0 aliphatic heterocycles. The van der Waals surface area contributed by atoms with Crippen LogP contribution >= 0.6 is 15.9 Å². The van der Waals surface area contributed by atoms with Gasteiger partial charge in [-0.15, -0.1) is 0 Å². The largest absolute Gasteiger partial charge is 0.338 e. The number of amides is 2. The highest BCUT2D eigenvalue weighted by Crippen LogP contribution is 2.38. The zero-order chi connectivity index (χ0) is 25.4. The number of carbonyl (C=O) groups excluding carboxylic acids is 2. The molecular formula is C27H27BrN6O2. The summed E-state index contributed by atoms with van der Waals surface area (Å²) in [7, 11) is 1.71. The van der Waals surface area contributed by atoms with Gasteiger partial charge in [0.1, 0.15) is 11.7 Å². The van der Waals surface area contributed by atoms with Gasteiger partial charge in [0.15, 0.2) is 0 Å². The Morgan fingerprint density at radius 2 is 1.92 bits per heavy atom. The van der Waals surface area contributed by atoms with Crippen molar-refractivity contribution in [3.8, 4) is 11.1 Å². The molecule has 5 rings (SSSR count). The highest BCUT2D eigenvalue weighted by molar-refractivity contribution is 9.10. The van der Waals surface area contributed by atoms with Crippen LogP contribution in [0.5, 0.6) is 0 Å². The highest BCUT2D eigenvalue weighted by Gasteiger charge is 2.36. The van der Waals surface area contributed by atoms with Gasteiger partial charge in [0, 0.05) is 40.6 Å². The molecule has 1 aliphatic carbocycles. The van der Waals surface area contributed by atoms with E-state index in [4.69, 9.17) is 0 Å². The molecule has 0 saturated heterocycles. The van der Waals surface area contributed by atoms with Crippen molar-refractivity contribution < 1.29 is 9.59 Å². The maximum atomic E-state index is 13.6. The van der Waals surface area contributed by atoms with Crippen LogP contribution in [-0.2, 0) is 18.3 Å². The topological polar surface area (TPSA) is 105 Å². The molecule has 2 aromatic carbocycles. The monoisotopic (exact) mass is 546 g/mol. The van der Waals surface area contributed by atoms with Crippen LogP contribution in [0.15, 0.2) is 59.2 Å². The lowest BCUT2D eigenvalue weighted by atomic mass is 9.92. The summed E-state index contributed by atoms with van der Waals surface area (Å²) in [6, 6.07) is 14.7. The number of benzene rings is 2. The number of nitrogens with one attached hydrogen (secondary N) is 3. The molecule has 0 bridgehead atoms. The van der Waals surface area contributed by atoms with Crippen molar-refractivity contribution in [1.29, 1.82) is 0 Å². The molecule has 2 heterocycles. The molecule has 0 fully saturated rings. The number of fused-ring (bicyclic) bond motifs is 1. The second kappa shape index (κ2) is 9.73. The zero-order valence-electron chi connectivity index (χ0n) is 20.3. The van der Waals surface area contributed by atoms with E-state index in [0.29, 0.717) is 11.4 Å². The Labute approximate surface area is 217 Å². The Kier molecular flexibility index (Phi) is 6.49. The van der Waals surface area contributed by atoms with Crippen molar-refractivity contribution >= 4 is 33.4 Å². The van der Waals surface area contributed by atoms with Crippen molar-refractivity contribution in [3.63, 3.8) is 0 Å². The molecule has 0 radical (unpaired) electrons. The predicted octanol–water partition coefficient (Wildman–Crippen LogP) is 4.66. The van der Waals surface area contributed by atoms with Crippen LogP contribution in [0.4, 0.5) is 5.69 Å². The first kappa shape index (κ1) is 24.0. The van der Waals surface area contributed by atoms with Crippen molar-refractivity contribution in [1.82, 2.24) is 25.3 Å². The lowest BCUT2D eigenvalue weighted by Gasteiger charge is -2.25. The molecule has 0 spiro atoms. The molecule has 0 unspecified atom stereocenters. The first-order valence-electron chi connectivity index (χ1n) is 11.8. The number of rotatable bonds is 6. The number of aryl methyl sites for hydroxylation is 4. The molecule has 1 aliphatic rings. The van der Waals surface area contributed by atoms with Gasteiger partial charge in [-0.05, 0) is 73.7 Å². The fourth-order valence-corrected chi connectivity index (χ4v) is 5.41. The second-order valence-electron chi connectivity index (χ2n) is 9.16. The fraction of sp³-hybridized carbons (Fsp3) is 0.259. The highest BCUT2D eigenvalue weighted by atomic mass is 79.9. The van der Waals surface area contributed by atoms with E-state index < -0.39 is 6.04 Å². The number of nitrogens with zero attached hydrogens (tertiary/aromatic N) is 3. The third-order valence-corrected chi connectivity index (χ3v) is 7.32. The van der Waals surface area contributed by atoms with Gasteiger partial charge >= 0.3 is 0 Å². The smallest absolute Gasteiger partial charge is 0.270 e. The number of carbonyl (C=O) groups is 2. The van der Waals surface area contributed by atoms with Gasteiger partial charge in [0.2, 0.25) is 5.91 Å². The average Bonchev–Trinajstić information content (AvgIpc) is 3.56. The van der Waals surface area contributed by atoms with Gasteiger partial charge in [0.05, 0.1) is 5.69 Å². The van der Waals surface area contributed by atoms with Crippen LogP contribution in [0.1, 0.15) is 45.3 Å². The quantitative estimate of drug-likeness (QED) is 0.327. The van der Waals surface area contributed by atoms with Gasteiger partial charge in [-0.2, -0.15) is 10.2 Å². The standard InChI is InChI=1S/C27H27BrN6O2/c1-15-24(16(2)33-32-15)18-5-9-20(10-6-18)30-27(36)25(31-26(35)23-12-13-29-34(23)3)21-11-7-17-4-8-19(28)14-22(17)21/h4-6,8-10,12-14,21,25H,7,11H2,1-3H3,(H,30,36)(H,31,35)(H,32,33)/t21-,25-/m0/s1. The Balaban J connectivity index is 1.41. The first-order valence-corrected chi connectivity index (χ1v) is 12.6. The molecule has 36 heavy (non-hydrogen) atoms. The van der Waals surface area contributed by atoms with Gasteiger partial charge in [-0.3, -0.25) is 19.4 Å². The number of hydrogen-bond acceptors (Lipinski definition) is 4. The number of anilines is 1. The first-order chi connectivity index (χ1) is 17.3. The summed E-state index contributed by atoms with van der Waals surface area (Å²) in [5.74, 6) is -0.739. The average molecular weight is 547 g/mol. The van der Waals surface area contributed by atoms with Gasteiger partial charge < -0.3 is 10.6 Å². The normalized spacial score (nSPS) is 15.4. The summed E-state index contributed by atoms with van der Waals surface area (Å²) < 4.78 is 2.45. The Morgan fingerprint density at radius 3 is 2.58 bits per heavy atom. The molecule has 2 atom stereocenters. The van der Waals surface area contributed by atoms with E-state index in [1.807, 2.05) is 50.2 Å². The summed E-state index contributed by atoms with van der Waals surface area (Å²) in [4.78, 5) is 26.7. The lowest BCUT2D eigenvalue weighted by molar-refractivity contribution is -0.118. The third-order valence-electron chi connectivity index (χ3n) is 6.83. The van der Waals surface area contributed by atoms with E-state index in [-0.39, 0.29) is 17.7 Å². The summed E-state index contributed by atoms with van der Waals surface area (Å²) in [6.07, 6.45) is 3.20. The van der Waals surface area contributed by atoms with E-state index in [9.17, 15) is 9.59 Å². The SMILES string of the molecule is Cc1n[nH]c(C)c1-c1ccc(NC(=O)[C@@H](NC(=O)c2ccnn2C)[C@H]2CCc3ccc(Br)cc32)cc1. The summed E-state index contributed by atoms with van der Waals surface area (Å²) in [5, 5.41) is 17.4. The minimum Gasteiger partial charge on any atom is -0.338 e. The van der Waals surface area contributed by atoms with Crippen LogP contribution in [0.3, 0.4) is 0 Å². The van der Waals surface area contributed by atoms with Crippen LogP contribution < -0.4 is 10.6 Å². The minimum atomic E-state index is -0.749. The zero-order valence-corrected chi connectivity index (χ0v) is 21.9. The molecule has 4 aromatic rings. The maximum absolute atomic E-state index is 13.6. The molecule has 3 N–H and O–H groups in total. The number of aromatic amines is 1. The van der Waals surface area contributed by atoms with E-state index in [0.717, 1.165) is 45.4 Å². The molecular weight excluding hydrogens is 520 g/mol. The molecule has 2 amide bonds. The molecule has 9 heteroatoms. The van der Waals surface area contributed by atoms with Crippen LogP contribution in [0, 0.1) is 13.8 Å². The number of halogens is 1. The minimum absolute atomic E-state index is 0.148. The van der Waals surface area contributed by atoms with Crippen LogP contribution in [-0.4, -0.2) is 37.8 Å². The van der Waals surface area contributed by atoms with Gasteiger partial charge in [0.25, 0.3) is 5.91 Å². The molecule has 184 valence electrons. The van der Waals surface area contributed by atoms with Gasteiger partial charge in [-0.1, -0.05) is 34.1 Å². The lowest BCUT2D eigenvalue weighted by Crippen LogP contribution is -2.47. The van der Waals surface area contributed by atoms with E-state index in [1.165, 1.54) is 10.2 Å². The summed E-state index contributed by atoms with van der Waals surface area (Å²) >= 11 is 3.55. The van der Waals surface area contributed by atoms with E-state index >= 15 is 0 Å². The van der Waals surface area contributed by atoms with Gasteiger partial charge in [-0.25, -0.2) is 0 Å². The number of aromatic nitrogens is 4. The Hall–Kier alpha value is -3.72. The van der Waals surface area contributed by atoms with E-state index in [2.05, 4.69) is 47.9 Å². The van der Waals surface area contributed by atoms with E-state index in [1.54, 1.807) is 19.3 Å². The van der Waals surface area contributed by atoms with Crippen molar-refractivity contribution in [3.05, 3.63) is 87.4 Å². The Morgan fingerprint density at radius 1 is 1.14 bits per heavy atom. The number of H-pyrrole nitrogens is 1. The van der Waals surface area contributed by atoms with Crippen LogP contribution in [0.25, 0.3) is 11.1 Å². The molecule has 2 aromatic heterocycles. The maximum Gasteiger partial charge on any atom is 0.270 e. The van der Waals surface area contributed by atoms with Crippen molar-refractivity contribution in [2.75, 3.05) is 5.32 Å². The third kappa shape index (κ3) is 4.58. The summed E-state index contributed by atoms with van der Waals surface area (Å²) in [6.45, 7) is 3.94. The summed E-state index contributed by atoms with van der Waals surface area (Å²) in [5.41, 5.74) is 7.34. The Bertz CT molecular complexity index is 1420. The molecule has 0 saturated carbocycles. The van der Waals surface area contributed by atoms with Crippen molar-refractivity contribution in [2.45, 2.75) is 38.6 Å². The predicted molar refractivity (Wildman–Crippen MR) is 142 cm³/mol. The van der Waals surface area contributed by atoms with Crippen LogP contribution in [0.2, 0.25) is 0 Å².